The molecule has 0 amide bonds. The predicted molar refractivity (Wildman–Crippen MR) is 176 cm³/mol. The van der Waals surface area contributed by atoms with Crippen LogP contribution in [0.5, 0.6) is 0 Å². The van der Waals surface area contributed by atoms with Crippen LogP contribution in [0.2, 0.25) is 0 Å². The van der Waals surface area contributed by atoms with E-state index in [-0.39, 0.29) is 5.41 Å². The average molecular weight is 591 g/mol. The van der Waals surface area contributed by atoms with E-state index in [9.17, 15) is 9.90 Å². The van der Waals surface area contributed by atoms with Crippen LogP contribution in [0.15, 0.2) is 78.9 Å². The van der Waals surface area contributed by atoms with Crippen LogP contribution in [-0.4, -0.2) is 44.4 Å². The third-order valence-electron chi connectivity index (χ3n) is 8.78. The summed E-state index contributed by atoms with van der Waals surface area (Å²) in [5, 5.41) is 15.6. The molecule has 6 bridgehead atoms. The number of benzene rings is 2. The lowest BCUT2D eigenvalue weighted by Crippen LogP contribution is -2.40. The second-order valence-corrected chi connectivity index (χ2v) is 13.4. The number of aryl methyl sites for hydroxylation is 2. The average Bonchev–Trinajstić information content (AvgIpc) is 3.41. The molecule has 1 atom stereocenters. The zero-order valence-electron chi connectivity index (χ0n) is 26.4. The van der Waals surface area contributed by atoms with Crippen molar-refractivity contribution in [3.8, 4) is 22.4 Å². The Labute approximate surface area is 259 Å². The molecule has 2 aromatic carbocycles. The van der Waals surface area contributed by atoms with Gasteiger partial charge in [0.05, 0.1) is 16.9 Å². The van der Waals surface area contributed by atoms with E-state index in [1.54, 1.807) is 0 Å². The minimum Gasteiger partial charge on any atom is -0.479 e. The first-order valence-corrected chi connectivity index (χ1v) is 15.6. The molecule has 7 nitrogen and oxygen atoms in total. The van der Waals surface area contributed by atoms with Crippen LogP contribution >= 0.6 is 0 Å². The molecule has 7 heteroatoms. The molecular weight excluding hydrogens is 548 g/mol. The van der Waals surface area contributed by atoms with Crippen molar-refractivity contribution < 1.29 is 14.6 Å². The van der Waals surface area contributed by atoms with Gasteiger partial charge in [-0.25, -0.2) is 9.78 Å². The minimum absolute atomic E-state index is 0.0419. The van der Waals surface area contributed by atoms with Gasteiger partial charge in [-0.05, 0) is 81.5 Å². The van der Waals surface area contributed by atoms with E-state index in [4.69, 9.17) is 14.8 Å². The van der Waals surface area contributed by atoms with Crippen molar-refractivity contribution in [2.75, 3.05) is 18.0 Å². The number of carbonyl (C=O) groups is 1. The molecule has 3 aliphatic rings. The fraction of sp³-hybridized carbons (Fsp3) is 0.378. The molecule has 1 saturated heterocycles. The monoisotopic (exact) mass is 590 g/mol. The number of hydrogen-bond acceptors (Lipinski definition) is 5. The number of carboxylic acids is 1. The molecule has 5 heterocycles. The SMILES string of the molecule is Cc1nc2cc3nn2c(c1[C@H](OC(C)(C)C)C(=O)O)N1CCC(C)(/C=C\C=C/CCc2ccccc2-c2cccc-3c2)CC1. The highest BCUT2D eigenvalue weighted by molar-refractivity contribution is 5.79. The summed E-state index contributed by atoms with van der Waals surface area (Å²) in [5.41, 5.74) is 6.71. The highest BCUT2D eigenvalue weighted by atomic mass is 16.5. The van der Waals surface area contributed by atoms with Gasteiger partial charge in [-0.3, -0.25) is 0 Å². The lowest BCUT2D eigenvalue weighted by molar-refractivity contribution is -0.160. The number of aliphatic carboxylic acids is 1. The van der Waals surface area contributed by atoms with Gasteiger partial charge in [0.1, 0.15) is 5.82 Å². The molecular formula is C37H42N4O3. The fourth-order valence-corrected chi connectivity index (χ4v) is 6.42. The number of fused-ring (bicyclic) bond motifs is 5. The minimum atomic E-state index is -1.19. The molecule has 7 rings (SSSR count). The summed E-state index contributed by atoms with van der Waals surface area (Å²) in [7, 11) is 0. The summed E-state index contributed by atoms with van der Waals surface area (Å²) in [4.78, 5) is 20.0. The third-order valence-corrected chi connectivity index (χ3v) is 8.78. The molecule has 228 valence electrons. The Kier molecular flexibility index (Phi) is 7.93. The van der Waals surface area contributed by atoms with Crippen LogP contribution < -0.4 is 4.90 Å². The number of ether oxygens (including phenoxy) is 1. The van der Waals surface area contributed by atoms with Crippen molar-refractivity contribution >= 4 is 17.4 Å². The van der Waals surface area contributed by atoms with Crippen molar-refractivity contribution in [3.05, 3.63) is 95.7 Å². The van der Waals surface area contributed by atoms with Crippen LogP contribution in [0.25, 0.3) is 28.0 Å². The second-order valence-electron chi connectivity index (χ2n) is 13.4. The molecule has 1 N–H and O–H groups in total. The molecule has 0 spiro atoms. The number of aromatic nitrogens is 3. The highest BCUT2D eigenvalue weighted by Crippen LogP contribution is 2.40. The summed E-state index contributed by atoms with van der Waals surface area (Å²) < 4.78 is 8.04. The Morgan fingerprint density at radius 2 is 1.77 bits per heavy atom. The van der Waals surface area contributed by atoms with Crippen LogP contribution in [0.3, 0.4) is 0 Å². The molecule has 0 saturated carbocycles. The fourth-order valence-electron chi connectivity index (χ4n) is 6.42. The number of allylic oxidation sites excluding steroid dienone is 4. The topological polar surface area (TPSA) is 80.0 Å². The van der Waals surface area contributed by atoms with E-state index in [0.29, 0.717) is 16.9 Å². The maximum Gasteiger partial charge on any atom is 0.337 e. The van der Waals surface area contributed by atoms with Gasteiger partial charge in [-0.15, -0.1) is 0 Å². The number of rotatable bonds is 3. The summed E-state index contributed by atoms with van der Waals surface area (Å²) in [6.45, 7) is 11.4. The van der Waals surface area contributed by atoms with Gasteiger partial charge in [0, 0.05) is 30.4 Å². The molecule has 2 aromatic heterocycles. The Bertz CT molecular complexity index is 1750. The molecule has 44 heavy (non-hydrogen) atoms. The molecule has 0 aliphatic carbocycles. The summed E-state index contributed by atoms with van der Waals surface area (Å²) in [6.07, 6.45) is 11.6. The van der Waals surface area contributed by atoms with E-state index >= 15 is 0 Å². The van der Waals surface area contributed by atoms with Crippen molar-refractivity contribution in [2.24, 2.45) is 5.41 Å². The first kappa shape index (κ1) is 29.8. The van der Waals surface area contributed by atoms with E-state index in [1.807, 2.05) is 38.3 Å². The third kappa shape index (κ3) is 6.06. The van der Waals surface area contributed by atoms with Gasteiger partial charge in [-0.2, -0.15) is 9.61 Å². The second kappa shape index (κ2) is 11.7. The lowest BCUT2D eigenvalue weighted by Gasteiger charge is -2.40. The quantitative estimate of drug-likeness (QED) is 0.261. The summed E-state index contributed by atoms with van der Waals surface area (Å²) in [5.74, 6) is -0.285. The van der Waals surface area contributed by atoms with E-state index < -0.39 is 17.7 Å². The van der Waals surface area contributed by atoms with E-state index in [2.05, 4.69) is 84.7 Å². The summed E-state index contributed by atoms with van der Waals surface area (Å²) in [6, 6.07) is 19.1. The van der Waals surface area contributed by atoms with Gasteiger partial charge in [0.15, 0.2) is 11.8 Å². The van der Waals surface area contributed by atoms with Crippen molar-refractivity contribution in [1.82, 2.24) is 14.6 Å². The standard InChI is InChI=1S/C37H42N4O3/c1-25-32(33(35(42)43)44-36(2,3)4)34-40-21-19-37(5,20-22-40)18-11-7-6-8-13-26-14-9-10-17-29(26)27-15-12-16-28(23-27)30-24-31(38-25)41(34)39-30/h6-7,9-12,14-18,23-24,33H,8,13,19-22H2,1-5H3,(H,42,43)/b7-6-,18-11-/t33-/m0/s1. The maximum atomic E-state index is 12.8. The van der Waals surface area contributed by atoms with Crippen LogP contribution in [0, 0.1) is 12.3 Å². The first-order valence-electron chi connectivity index (χ1n) is 15.6. The Morgan fingerprint density at radius 3 is 2.52 bits per heavy atom. The number of hydrogen-bond donors (Lipinski definition) is 1. The van der Waals surface area contributed by atoms with Crippen molar-refractivity contribution in [1.29, 1.82) is 0 Å². The van der Waals surface area contributed by atoms with Crippen molar-refractivity contribution in [2.45, 2.75) is 72.0 Å². The zero-order chi connectivity index (χ0) is 31.1. The Balaban J connectivity index is 1.57. The predicted octanol–water partition coefficient (Wildman–Crippen LogP) is 7.98. The zero-order valence-corrected chi connectivity index (χ0v) is 26.4. The molecule has 0 unspecified atom stereocenters. The normalized spacial score (nSPS) is 18.7. The molecule has 1 fully saturated rings. The molecule has 3 aliphatic heterocycles. The van der Waals surface area contributed by atoms with Crippen LogP contribution in [-0.2, 0) is 16.0 Å². The Hall–Kier alpha value is -4.23. The number of carboxylic acid groups (broad SMARTS) is 1. The number of piperidine rings is 1. The van der Waals surface area contributed by atoms with Gasteiger partial charge >= 0.3 is 5.97 Å². The lowest BCUT2D eigenvalue weighted by atomic mass is 9.80. The largest absolute Gasteiger partial charge is 0.479 e. The van der Waals surface area contributed by atoms with Gasteiger partial charge in [-0.1, -0.05) is 73.7 Å². The molecule has 4 aromatic rings. The summed E-state index contributed by atoms with van der Waals surface area (Å²) >= 11 is 0. The highest BCUT2D eigenvalue weighted by Gasteiger charge is 2.36. The Morgan fingerprint density at radius 1 is 1.02 bits per heavy atom. The maximum absolute atomic E-state index is 12.8. The number of nitrogens with zero attached hydrogens (tertiary/aromatic N) is 4. The smallest absolute Gasteiger partial charge is 0.337 e. The van der Waals surface area contributed by atoms with Gasteiger partial charge in [0.2, 0.25) is 0 Å². The van der Waals surface area contributed by atoms with Gasteiger partial charge < -0.3 is 14.7 Å². The van der Waals surface area contributed by atoms with E-state index in [0.717, 1.165) is 61.4 Å². The van der Waals surface area contributed by atoms with Crippen molar-refractivity contribution in [3.63, 3.8) is 0 Å². The van der Waals surface area contributed by atoms with Crippen LogP contribution in [0.4, 0.5) is 5.82 Å². The molecule has 0 radical (unpaired) electrons. The van der Waals surface area contributed by atoms with E-state index in [1.165, 1.54) is 11.1 Å². The van der Waals surface area contributed by atoms with Gasteiger partial charge in [0.25, 0.3) is 0 Å². The van der Waals surface area contributed by atoms with Crippen LogP contribution in [0.1, 0.15) is 69.9 Å². The first-order chi connectivity index (χ1) is 21.0. The number of anilines is 1.